The molecular weight excluding hydrogens is 255 g/mol. The van der Waals surface area contributed by atoms with E-state index < -0.39 is 0 Å². The number of rotatable bonds is 2. The van der Waals surface area contributed by atoms with Crippen molar-refractivity contribution in [1.29, 1.82) is 0 Å². The lowest BCUT2D eigenvalue weighted by Crippen LogP contribution is -1.94. The van der Waals surface area contributed by atoms with E-state index in [1.165, 1.54) is 30.6 Å². The van der Waals surface area contributed by atoms with Crippen LogP contribution in [-0.2, 0) is 0 Å². The second-order valence-corrected chi connectivity index (χ2v) is 4.47. The van der Waals surface area contributed by atoms with Crippen LogP contribution in [0.25, 0.3) is 16.2 Å². The first-order valence-corrected chi connectivity index (χ1v) is 6.00. The number of anilines is 1. The molecule has 0 unspecified atom stereocenters. The Kier molecular flexibility index (Phi) is 2.41. The van der Waals surface area contributed by atoms with E-state index >= 15 is 0 Å². The van der Waals surface area contributed by atoms with Crippen molar-refractivity contribution in [2.24, 2.45) is 0 Å². The van der Waals surface area contributed by atoms with Crippen molar-refractivity contribution in [1.82, 2.24) is 14.6 Å². The zero-order valence-electron chi connectivity index (χ0n) is 9.42. The number of benzene rings is 1. The quantitative estimate of drug-likeness (QED) is 0.770. The summed E-state index contributed by atoms with van der Waals surface area (Å²) in [6.45, 7) is 0. The van der Waals surface area contributed by atoms with Crippen LogP contribution in [0.1, 0.15) is 0 Å². The van der Waals surface area contributed by atoms with Gasteiger partial charge in [-0.3, -0.25) is 0 Å². The van der Waals surface area contributed by atoms with Crippen LogP contribution in [0.4, 0.5) is 10.3 Å². The maximum Gasteiger partial charge on any atom is 0.241 e. The second-order valence-electron chi connectivity index (χ2n) is 3.63. The molecule has 7 heteroatoms. The Balaban J connectivity index is 2.27. The van der Waals surface area contributed by atoms with E-state index in [1.807, 2.05) is 5.38 Å². The monoisotopic (exact) mass is 264 g/mol. The highest BCUT2D eigenvalue weighted by Crippen LogP contribution is 2.33. The molecule has 2 aromatic heterocycles. The highest BCUT2D eigenvalue weighted by Gasteiger charge is 2.14. The van der Waals surface area contributed by atoms with Gasteiger partial charge in [-0.1, -0.05) is 0 Å². The smallest absolute Gasteiger partial charge is 0.241 e. The Labute approximate surface area is 106 Å². The fraction of sp³-hybridized carbons (Fsp3) is 0.0909. The van der Waals surface area contributed by atoms with Gasteiger partial charge in [-0.2, -0.15) is 4.98 Å². The number of hydrogen-bond acceptors (Lipinski definition) is 5. The lowest BCUT2D eigenvalue weighted by molar-refractivity contribution is 0.415. The molecule has 3 rings (SSSR count). The predicted octanol–water partition coefficient (Wildman–Crippen LogP) is 2.19. The van der Waals surface area contributed by atoms with Gasteiger partial charge < -0.3 is 10.5 Å². The number of nitrogen functional groups attached to an aromatic ring is 1. The normalized spacial score (nSPS) is 11.0. The third-order valence-corrected chi connectivity index (χ3v) is 3.35. The van der Waals surface area contributed by atoms with Gasteiger partial charge in [0, 0.05) is 10.9 Å². The van der Waals surface area contributed by atoms with Gasteiger partial charge in [0.05, 0.1) is 12.8 Å². The van der Waals surface area contributed by atoms with Crippen LogP contribution in [0.5, 0.6) is 5.75 Å². The van der Waals surface area contributed by atoms with Crippen LogP contribution in [0.3, 0.4) is 0 Å². The third-order valence-electron chi connectivity index (χ3n) is 2.54. The van der Waals surface area contributed by atoms with E-state index in [0.717, 1.165) is 0 Å². The number of methoxy groups -OCH3 is 1. The summed E-state index contributed by atoms with van der Waals surface area (Å²) in [6, 6.07) is 4.33. The van der Waals surface area contributed by atoms with Gasteiger partial charge in [-0.15, -0.1) is 16.4 Å². The molecule has 0 aliphatic rings. The fourth-order valence-electron chi connectivity index (χ4n) is 1.76. The van der Waals surface area contributed by atoms with E-state index in [-0.39, 0.29) is 11.8 Å². The molecular formula is C11H9FN4OS. The van der Waals surface area contributed by atoms with Crippen LogP contribution in [-0.4, -0.2) is 21.7 Å². The Morgan fingerprint density at radius 2 is 2.28 bits per heavy atom. The maximum absolute atomic E-state index is 13.4. The average Bonchev–Trinajstić information content (AvgIpc) is 2.87. The molecule has 1 aromatic carbocycles. The predicted molar refractivity (Wildman–Crippen MR) is 67.2 cm³/mol. The van der Waals surface area contributed by atoms with Crippen LogP contribution in [0, 0.1) is 5.82 Å². The molecule has 92 valence electrons. The van der Waals surface area contributed by atoms with Crippen molar-refractivity contribution < 1.29 is 9.13 Å². The average molecular weight is 264 g/mol. The summed E-state index contributed by atoms with van der Waals surface area (Å²) in [5, 5.41) is 5.91. The molecule has 2 heterocycles. The molecule has 2 N–H and O–H groups in total. The van der Waals surface area contributed by atoms with Crippen molar-refractivity contribution in [2.75, 3.05) is 12.8 Å². The summed E-state index contributed by atoms with van der Waals surface area (Å²) in [5.74, 6) is 0.432. The molecule has 0 spiro atoms. The number of fused-ring (bicyclic) bond motifs is 1. The number of halogens is 1. The number of ether oxygens (including phenoxy) is 1. The van der Waals surface area contributed by atoms with E-state index in [4.69, 9.17) is 10.5 Å². The van der Waals surface area contributed by atoms with Crippen molar-refractivity contribution >= 4 is 22.2 Å². The highest BCUT2D eigenvalue weighted by atomic mass is 32.1. The van der Waals surface area contributed by atoms with Crippen molar-refractivity contribution in [2.45, 2.75) is 0 Å². The van der Waals surface area contributed by atoms with Gasteiger partial charge in [0.2, 0.25) is 10.9 Å². The van der Waals surface area contributed by atoms with E-state index in [2.05, 4.69) is 10.1 Å². The molecule has 0 saturated heterocycles. The van der Waals surface area contributed by atoms with E-state index in [0.29, 0.717) is 22.0 Å². The molecule has 0 aliphatic carbocycles. The topological polar surface area (TPSA) is 65.4 Å². The zero-order valence-corrected chi connectivity index (χ0v) is 10.2. The van der Waals surface area contributed by atoms with Crippen LogP contribution < -0.4 is 10.5 Å². The van der Waals surface area contributed by atoms with Gasteiger partial charge in [-0.25, -0.2) is 8.91 Å². The van der Waals surface area contributed by atoms with Crippen molar-refractivity contribution in [3.63, 3.8) is 0 Å². The molecule has 0 bridgehead atoms. The molecule has 0 aliphatic heterocycles. The second kappa shape index (κ2) is 3.95. The molecule has 0 saturated carbocycles. The maximum atomic E-state index is 13.4. The number of nitrogens with zero attached hydrogens (tertiary/aromatic N) is 3. The Morgan fingerprint density at radius 3 is 3.06 bits per heavy atom. The van der Waals surface area contributed by atoms with Crippen LogP contribution in [0.15, 0.2) is 23.6 Å². The largest absolute Gasteiger partial charge is 0.496 e. The molecule has 0 atom stereocenters. The number of nitrogens with two attached hydrogens (primary N) is 1. The first-order chi connectivity index (χ1) is 8.69. The third kappa shape index (κ3) is 1.60. The minimum atomic E-state index is -0.335. The van der Waals surface area contributed by atoms with Crippen molar-refractivity contribution in [3.8, 4) is 17.0 Å². The number of hydrogen-bond donors (Lipinski definition) is 1. The van der Waals surface area contributed by atoms with Gasteiger partial charge in [0.1, 0.15) is 11.6 Å². The summed E-state index contributed by atoms with van der Waals surface area (Å²) < 4.78 is 20.2. The molecule has 0 fully saturated rings. The SMILES string of the molecule is COc1ccc(F)cc1-c1csc2nc(N)nn12. The number of thiazole rings is 1. The summed E-state index contributed by atoms with van der Waals surface area (Å²) in [5.41, 5.74) is 6.86. The summed E-state index contributed by atoms with van der Waals surface area (Å²) in [6.07, 6.45) is 0. The van der Waals surface area contributed by atoms with Gasteiger partial charge in [0.15, 0.2) is 0 Å². The Hall–Kier alpha value is -2.15. The first kappa shape index (κ1) is 11.0. The van der Waals surface area contributed by atoms with Crippen molar-refractivity contribution in [3.05, 3.63) is 29.4 Å². The van der Waals surface area contributed by atoms with Gasteiger partial charge >= 0.3 is 0 Å². The fourth-order valence-corrected chi connectivity index (χ4v) is 2.59. The lowest BCUT2D eigenvalue weighted by Gasteiger charge is -2.06. The minimum absolute atomic E-state index is 0.193. The molecule has 18 heavy (non-hydrogen) atoms. The summed E-state index contributed by atoms with van der Waals surface area (Å²) >= 11 is 1.39. The van der Waals surface area contributed by atoms with Crippen LogP contribution >= 0.6 is 11.3 Å². The standard InChI is InChI=1S/C11H9FN4OS/c1-17-9-3-2-6(12)4-7(9)8-5-18-11-14-10(13)15-16(8)11/h2-5H,1H3,(H2,13,15). The Bertz CT molecular complexity index is 721. The lowest BCUT2D eigenvalue weighted by atomic mass is 10.1. The molecule has 5 nitrogen and oxygen atoms in total. The Morgan fingerprint density at radius 1 is 1.44 bits per heavy atom. The minimum Gasteiger partial charge on any atom is -0.496 e. The van der Waals surface area contributed by atoms with Crippen LogP contribution in [0.2, 0.25) is 0 Å². The van der Waals surface area contributed by atoms with Gasteiger partial charge in [0.25, 0.3) is 0 Å². The summed E-state index contributed by atoms with van der Waals surface area (Å²) in [7, 11) is 1.54. The van der Waals surface area contributed by atoms with E-state index in [9.17, 15) is 4.39 Å². The number of aromatic nitrogens is 3. The molecule has 0 radical (unpaired) electrons. The zero-order chi connectivity index (χ0) is 12.7. The molecule has 3 aromatic rings. The van der Waals surface area contributed by atoms with E-state index in [1.54, 1.807) is 10.6 Å². The summed E-state index contributed by atoms with van der Waals surface area (Å²) in [4.78, 5) is 4.71. The van der Waals surface area contributed by atoms with Gasteiger partial charge in [-0.05, 0) is 18.2 Å². The highest BCUT2D eigenvalue weighted by molar-refractivity contribution is 7.15. The first-order valence-electron chi connectivity index (χ1n) is 5.12. The molecule has 0 amide bonds.